The number of rotatable bonds is 4. The molecule has 0 fully saturated rings. The number of hydrogen-bond donors (Lipinski definition) is 0. The van der Waals surface area contributed by atoms with Crippen LogP contribution in [0.3, 0.4) is 0 Å². The summed E-state index contributed by atoms with van der Waals surface area (Å²) in [5.41, 5.74) is 1.39. The van der Waals surface area contributed by atoms with Gasteiger partial charge < -0.3 is 9.64 Å². The van der Waals surface area contributed by atoms with Crippen LogP contribution in [0.15, 0.2) is 17.5 Å². The molecular formula is C14H16ClN3OS. The minimum Gasteiger partial charge on any atom is -0.374 e. The molecule has 0 atom stereocenters. The predicted molar refractivity (Wildman–Crippen MR) is 81.4 cm³/mol. The normalized spacial score (nSPS) is 14.4. The molecule has 20 heavy (non-hydrogen) atoms. The molecule has 0 radical (unpaired) electrons. The molecule has 0 saturated heterocycles. The maximum absolute atomic E-state index is 6.10. The Balaban J connectivity index is 1.82. The van der Waals surface area contributed by atoms with Crippen molar-refractivity contribution >= 4 is 28.8 Å². The molecule has 3 heterocycles. The Morgan fingerprint density at radius 1 is 1.45 bits per heavy atom. The first-order chi connectivity index (χ1) is 9.76. The van der Waals surface area contributed by atoms with Gasteiger partial charge in [0, 0.05) is 30.6 Å². The lowest BCUT2D eigenvalue weighted by atomic mass is 10.1. The highest BCUT2D eigenvalue weighted by Crippen LogP contribution is 2.27. The molecule has 0 N–H and O–H groups in total. The molecular weight excluding hydrogens is 294 g/mol. The zero-order valence-electron chi connectivity index (χ0n) is 11.3. The molecule has 0 amide bonds. The van der Waals surface area contributed by atoms with E-state index < -0.39 is 0 Å². The molecule has 2 aromatic rings. The third-order valence-corrected chi connectivity index (χ3v) is 4.51. The van der Waals surface area contributed by atoms with Crippen molar-refractivity contribution in [3.05, 3.63) is 38.9 Å². The summed E-state index contributed by atoms with van der Waals surface area (Å²) in [5, 5.41) is 2.63. The van der Waals surface area contributed by atoms with Crippen molar-refractivity contribution in [3.63, 3.8) is 0 Å². The monoisotopic (exact) mass is 309 g/mol. The van der Waals surface area contributed by atoms with E-state index in [0.717, 1.165) is 25.3 Å². The molecule has 0 bridgehead atoms. The summed E-state index contributed by atoms with van der Waals surface area (Å²) in [4.78, 5) is 12.5. The standard InChI is InChI=1S/C14H16ClN3OS/c1-2-19-9-13-16-12(15)7-14(17-13)18-5-3-11-10(8-18)4-6-20-11/h4,6-7H,2-3,5,8-9H2,1H3. The van der Waals surface area contributed by atoms with Gasteiger partial charge in [-0.3, -0.25) is 0 Å². The van der Waals surface area contributed by atoms with Gasteiger partial charge in [0.2, 0.25) is 0 Å². The van der Waals surface area contributed by atoms with E-state index in [2.05, 4.69) is 26.3 Å². The zero-order chi connectivity index (χ0) is 13.9. The summed E-state index contributed by atoms with van der Waals surface area (Å²) in [7, 11) is 0. The van der Waals surface area contributed by atoms with E-state index in [4.69, 9.17) is 16.3 Å². The molecule has 6 heteroatoms. The fraction of sp³-hybridized carbons (Fsp3) is 0.429. The molecule has 0 unspecified atom stereocenters. The van der Waals surface area contributed by atoms with E-state index in [1.165, 1.54) is 10.4 Å². The van der Waals surface area contributed by atoms with Crippen LogP contribution in [0.2, 0.25) is 5.15 Å². The number of anilines is 1. The Morgan fingerprint density at radius 2 is 2.35 bits per heavy atom. The van der Waals surface area contributed by atoms with Gasteiger partial charge in [-0.2, -0.15) is 0 Å². The van der Waals surface area contributed by atoms with Gasteiger partial charge in [-0.05, 0) is 30.4 Å². The lowest BCUT2D eigenvalue weighted by Crippen LogP contribution is -2.30. The maximum atomic E-state index is 6.10. The van der Waals surface area contributed by atoms with Crippen molar-refractivity contribution in [2.45, 2.75) is 26.5 Å². The highest BCUT2D eigenvalue weighted by molar-refractivity contribution is 7.10. The molecule has 3 rings (SSSR count). The number of fused-ring (bicyclic) bond motifs is 1. The largest absolute Gasteiger partial charge is 0.374 e. The van der Waals surface area contributed by atoms with Crippen LogP contribution in [0, 0.1) is 0 Å². The molecule has 4 nitrogen and oxygen atoms in total. The van der Waals surface area contributed by atoms with Crippen LogP contribution in [0.4, 0.5) is 5.82 Å². The van der Waals surface area contributed by atoms with Crippen molar-refractivity contribution in [2.75, 3.05) is 18.1 Å². The Bertz CT molecular complexity index is 602. The van der Waals surface area contributed by atoms with Gasteiger partial charge >= 0.3 is 0 Å². The van der Waals surface area contributed by atoms with Gasteiger partial charge in [0.25, 0.3) is 0 Å². The van der Waals surface area contributed by atoms with Crippen LogP contribution in [-0.4, -0.2) is 23.1 Å². The quantitative estimate of drug-likeness (QED) is 0.812. The number of hydrogen-bond acceptors (Lipinski definition) is 5. The fourth-order valence-electron chi connectivity index (χ4n) is 2.32. The Morgan fingerprint density at radius 3 is 3.20 bits per heavy atom. The van der Waals surface area contributed by atoms with Gasteiger partial charge in [-0.1, -0.05) is 11.6 Å². The number of aromatic nitrogens is 2. The highest BCUT2D eigenvalue weighted by Gasteiger charge is 2.19. The van der Waals surface area contributed by atoms with Gasteiger partial charge in [0.1, 0.15) is 17.6 Å². The second-order valence-electron chi connectivity index (χ2n) is 4.64. The van der Waals surface area contributed by atoms with E-state index in [1.807, 2.05) is 24.3 Å². The van der Waals surface area contributed by atoms with E-state index >= 15 is 0 Å². The third kappa shape index (κ3) is 2.95. The highest BCUT2D eigenvalue weighted by atomic mass is 35.5. The first-order valence-corrected chi connectivity index (χ1v) is 7.93. The van der Waals surface area contributed by atoms with E-state index in [1.54, 1.807) is 0 Å². The second-order valence-corrected chi connectivity index (χ2v) is 6.03. The predicted octanol–water partition coefficient (Wildman–Crippen LogP) is 3.29. The topological polar surface area (TPSA) is 38.2 Å². The maximum Gasteiger partial charge on any atom is 0.158 e. The van der Waals surface area contributed by atoms with Crippen molar-refractivity contribution in [3.8, 4) is 0 Å². The summed E-state index contributed by atoms with van der Waals surface area (Å²) in [6.07, 6.45) is 1.06. The molecule has 2 aromatic heterocycles. The fourth-order valence-corrected chi connectivity index (χ4v) is 3.40. The number of thiophene rings is 1. The zero-order valence-corrected chi connectivity index (χ0v) is 12.9. The van der Waals surface area contributed by atoms with Crippen LogP contribution in [0.1, 0.15) is 23.2 Å². The lowest BCUT2D eigenvalue weighted by molar-refractivity contribution is 0.128. The molecule has 0 spiro atoms. The number of nitrogens with zero attached hydrogens (tertiary/aromatic N) is 3. The van der Waals surface area contributed by atoms with Crippen LogP contribution in [0.5, 0.6) is 0 Å². The molecule has 1 aliphatic heterocycles. The van der Waals surface area contributed by atoms with Crippen LogP contribution in [0.25, 0.3) is 0 Å². The van der Waals surface area contributed by atoms with Crippen LogP contribution < -0.4 is 4.90 Å². The number of ether oxygens (including phenoxy) is 1. The SMILES string of the molecule is CCOCc1nc(Cl)cc(N2CCc3sccc3C2)n1. The van der Waals surface area contributed by atoms with Gasteiger partial charge in [-0.15, -0.1) is 11.3 Å². The van der Waals surface area contributed by atoms with Gasteiger partial charge in [0.05, 0.1) is 0 Å². The first-order valence-electron chi connectivity index (χ1n) is 6.67. The van der Waals surface area contributed by atoms with Crippen molar-refractivity contribution in [2.24, 2.45) is 0 Å². The van der Waals surface area contributed by atoms with E-state index in [9.17, 15) is 0 Å². The molecule has 106 valence electrons. The third-order valence-electron chi connectivity index (χ3n) is 3.29. The molecule has 1 aliphatic rings. The second kappa shape index (κ2) is 6.08. The molecule has 0 aliphatic carbocycles. The Kier molecular flexibility index (Phi) is 4.19. The average molecular weight is 310 g/mol. The van der Waals surface area contributed by atoms with Crippen LogP contribution >= 0.6 is 22.9 Å². The average Bonchev–Trinajstić information content (AvgIpc) is 2.92. The molecule has 0 saturated carbocycles. The molecule has 0 aromatic carbocycles. The summed E-state index contributed by atoms with van der Waals surface area (Å²) in [6.45, 7) is 4.86. The summed E-state index contributed by atoms with van der Waals surface area (Å²) in [5.74, 6) is 1.53. The minimum absolute atomic E-state index is 0.404. The lowest BCUT2D eigenvalue weighted by Gasteiger charge is -2.28. The Labute approximate surface area is 127 Å². The smallest absolute Gasteiger partial charge is 0.158 e. The van der Waals surface area contributed by atoms with Crippen LogP contribution in [-0.2, 0) is 24.3 Å². The van der Waals surface area contributed by atoms with E-state index in [-0.39, 0.29) is 0 Å². The summed E-state index contributed by atoms with van der Waals surface area (Å²) >= 11 is 7.93. The van der Waals surface area contributed by atoms with Crippen molar-refractivity contribution < 1.29 is 4.74 Å². The van der Waals surface area contributed by atoms with Crippen molar-refractivity contribution in [1.29, 1.82) is 0 Å². The minimum atomic E-state index is 0.404. The van der Waals surface area contributed by atoms with Gasteiger partial charge in [-0.25, -0.2) is 9.97 Å². The number of halogens is 1. The van der Waals surface area contributed by atoms with E-state index in [0.29, 0.717) is 24.2 Å². The summed E-state index contributed by atoms with van der Waals surface area (Å²) in [6, 6.07) is 4.02. The Hall–Kier alpha value is -1.17. The summed E-state index contributed by atoms with van der Waals surface area (Å²) < 4.78 is 5.36. The van der Waals surface area contributed by atoms with Gasteiger partial charge in [0.15, 0.2) is 5.82 Å². The first kappa shape index (κ1) is 13.8. The van der Waals surface area contributed by atoms with Crippen molar-refractivity contribution in [1.82, 2.24) is 9.97 Å².